The van der Waals surface area contributed by atoms with E-state index in [1.807, 2.05) is 13.8 Å². The number of hydrogen-bond acceptors (Lipinski definition) is 2. The molecule has 0 unspecified atom stereocenters. The van der Waals surface area contributed by atoms with Gasteiger partial charge < -0.3 is 10.5 Å². The second kappa shape index (κ2) is 7.54. The molecule has 5 heteroatoms. The fourth-order valence-corrected chi connectivity index (χ4v) is 1.70. The molecular formula is C13H20ClF2NO. The van der Waals surface area contributed by atoms with Gasteiger partial charge in [0.1, 0.15) is 5.82 Å². The first-order chi connectivity index (χ1) is 7.97. The molecule has 0 aliphatic rings. The zero-order chi connectivity index (χ0) is 13.0. The number of benzene rings is 1. The standard InChI is InChI=1S/C13H19F2NO.ClH/c1-8(2)4-6-10(16)12-9(14)5-7-11(17-3)13(12)15;/h5,7-8,10H,4,6,16H2,1-3H3;1H/t10-;/m1./s1. The van der Waals surface area contributed by atoms with E-state index in [0.717, 1.165) is 6.42 Å². The molecule has 0 saturated heterocycles. The van der Waals surface area contributed by atoms with Gasteiger partial charge in [0.25, 0.3) is 0 Å². The quantitative estimate of drug-likeness (QED) is 0.889. The molecule has 0 aliphatic heterocycles. The third-order valence-electron chi connectivity index (χ3n) is 2.74. The van der Waals surface area contributed by atoms with E-state index in [2.05, 4.69) is 0 Å². The van der Waals surface area contributed by atoms with Crippen molar-refractivity contribution < 1.29 is 13.5 Å². The highest BCUT2D eigenvalue weighted by molar-refractivity contribution is 5.85. The molecule has 1 aromatic carbocycles. The van der Waals surface area contributed by atoms with Crippen molar-refractivity contribution in [3.05, 3.63) is 29.3 Å². The van der Waals surface area contributed by atoms with Crippen molar-refractivity contribution in [3.63, 3.8) is 0 Å². The van der Waals surface area contributed by atoms with Crippen LogP contribution in [0.15, 0.2) is 12.1 Å². The molecule has 0 fully saturated rings. The van der Waals surface area contributed by atoms with Crippen LogP contribution in [0.3, 0.4) is 0 Å². The van der Waals surface area contributed by atoms with Gasteiger partial charge in [-0.05, 0) is 30.9 Å². The number of hydrogen-bond donors (Lipinski definition) is 1. The maximum absolute atomic E-state index is 13.9. The fourth-order valence-electron chi connectivity index (χ4n) is 1.70. The Bertz CT molecular complexity index is 385. The summed E-state index contributed by atoms with van der Waals surface area (Å²) < 4.78 is 32.2. The maximum atomic E-state index is 13.9. The first kappa shape index (κ1) is 17.1. The van der Waals surface area contributed by atoms with Crippen LogP contribution in [0.5, 0.6) is 5.75 Å². The Labute approximate surface area is 113 Å². The third-order valence-corrected chi connectivity index (χ3v) is 2.74. The lowest BCUT2D eigenvalue weighted by molar-refractivity contribution is 0.375. The van der Waals surface area contributed by atoms with Crippen LogP contribution in [-0.2, 0) is 0 Å². The summed E-state index contributed by atoms with van der Waals surface area (Å²) in [7, 11) is 1.35. The third kappa shape index (κ3) is 4.10. The molecule has 0 heterocycles. The van der Waals surface area contributed by atoms with E-state index in [9.17, 15) is 8.78 Å². The van der Waals surface area contributed by atoms with Crippen molar-refractivity contribution in [2.75, 3.05) is 7.11 Å². The molecule has 2 nitrogen and oxygen atoms in total. The van der Waals surface area contributed by atoms with E-state index in [0.29, 0.717) is 12.3 Å². The van der Waals surface area contributed by atoms with Crippen LogP contribution < -0.4 is 10.5 Å². The molecule has 1 rings (SSSR count). The van der Waals surface area contributed by atoms with Crippen molar-refractivity contribution in [3.8, 4) is 5.75 Å². The van der Waals surface area contributed by atoms with Gasteiger partial charge in [0.15, 0.2) is 11.6 Å². The van der Waals surface area contributed by atoms with Crippen molar-refractivity contribution in [2.24, 2.45) is 11.7 Å². The fraction of sp³-hybridized carbons (Fsp3) is 0.538. The van der Waals surface area contributed by atoms with Crippen LogP contribution in [0.25, 0.3) is 0 Å². The highest BCUT2D eigenvalue weighted by Gasteiger charge is 2.20. The van der Waals surface area contributed by atoms with Gasteiger partial charge in [-0.25, -0.2) is 8.78 Å². The van der Waals surface area contributed by atoms with E-state index in [1.165, 1.54) is 19.2 Å². The van der Waals surface area contributed by atoms with Crippen LogP contribution in [0.2, 0.25) is 0 Å². The van der Waals surface area contributed by atoms with Gasteiger partial charge in [-0.1, -0.05) is 13.8 Å². The SMILES string of the molecule is COc1ccc(F)c([C@H](N)CCC(C)C)c1F.Cl. The number of halogens is 3. The minimum Gasteiger partial charge on any atom is -0.494 e. The van der Waals surface area contributed by atoms with Crippen LogP contribution in [0.1, 0.15) is 38.3 Å². The second-order valence-electron chi connectivity index (χ2n) is 4.55. The molecule has 104 valence electrons. The second-order valence-corrected chi connectivity index (χ2v) is 4.55. The molecular weight excluding hydrogens is 260 g/mol. The molecule has 0 saturated carbocycles. The number of methoxy groups -OCH3 is 1. The van der Waals surface area contributed by atoms with Gasteiger partial charge in [-0.3, -0.25) is 0 Å². The van der Waals surface area contributed by atoms with Gasteiger partial charge in [-0.2, -0.15) is 0 Å². The predicted octanol–water partition coefficient (Wildman–Crippen LogP) is 3.83. The highest BCUT2D eigenvalue weighted by Crippen LogP contribution is 2.29. The molecule has 0 aliphatic carbocycles. The molecule has 1 aromatic rings. The summed E-state index contributed by atoms with van der Waals surface area (Å²) in [5.41, 5.74) is 5.75. The largest absolute Gasteiger partial charge is 0.494 e. The average molecular weight is 280 g/mol. The van der Waals surface area contributed by atoms with E-state index in [4.69, 9.17) is 10.5 Å². The molecule has 1 atom stereocenters. The minimum atomic E-state index is -0.691. The molecule has 0 amide bonds. The Morgan fingerprint density at radius 1 is 1.22 bits per heavy atom. The lowest BCUT2D eigenvalue weighted by Crippen LogP contribution is -2.15. The maximum Gasteiger partial charge on any atom is 0.172 e. The molecule has 0 aromatic heterocycles. The number of rotatable bonds is 5. The Hall–Kier alpha value is -0.870. The van der Waals surface area contributed by atoms with Crippen molar-refractivity contribution in [1.29, 1.82) is 0 Å². The minimum absolute atomic E-state index is 0. The van der Waals surface area contributed by atoms with Gasteiger partial charge in [-0.15, -0.1) is 12.4 Å². The van der Waals surface area contributed by atoms with E-state index < -0.39 is 17.7 Å². The Morgan fingerprint density at radius 3 is 2.33 bits per heavy atom. The van der Waals surface area contributed by atoms with Gasteiger partial charge >= 0.3 is 0 Å². The van der Waals surface area contributed by atoms with Gasteiger partial charge in [0, 0.05) is 11.6 Å². The first-order valence-corrected chi connectivity index (χ1v) is 5.74. The lowest BCUT2D eigenvalue weighted by atomic mass is 9.97. The van der Waals surface area contributed by atoms with Crippen molar-refractivity contribution in [1.82, 2.24) is 0 Å². The van der Waals surface area contributed by atoms with E-state index in [1.54, 1.807) is 0 Å². The summed E-state index contributed by atoms with van der Waals surface area (Å²) >= 11 is 0. The van der Waals surface area contributed by atoms with Gasteiger partial charge in [0.2, 0.25) is 0 Å². The zero-order valence-corrected chi connectivity index (χ0v) is 11.7. The van der Waals surface area contributed by atoms with E-state index in [-0.39, 0.29) is 23.7 Å². The molecule has 0 radical (unpaired) electrons. The summed E-state index contributed by atoms with van der Waals surface area (Å²) in [6.07, 6.45) is 1.38. The molecule has 18 heavy (non-hydrogen) atoms. The normalized spacial score (nSPS) is 12.2. The Kier molecular flexibility index (Phi) is 7.18. The highest BCUT2D eigenvalue weighted by atomic mass is 35.5. The lowest BCUT2D eigenvalue weighted by Gasteiger charge is -2.16. The summed E-state index contributed by atoms with van der Waals surface area (Å²) in [4.78, 5) is 0. The van der Waals surface area contributed by atoms with E-state index >= 15 is 0 Å². The van der Waals surface area contributed by atoms with Crippen LogP contribution in [0.4, 0.5) is 8.78 Å². The summed E-state index contributed by atoms with van der Waals surface area (Å²) in [6.45, 7) is 4.09. The average Bonchev–Trinajstić information content (AvgIpc) is 2.26. The number of ether oxygens (including phenoxy) is 1. The first-order valence-electron chi connectivity index (χ1n) is 5.74. The van der Waals surface area contributed by atoms with Crippen LogP contribution in [-0.4, -0.2) is 7.11 Å². The van der Waals surface area contributed by atoms with Crippen LogP contribution >= 0.6 is 12.4 Å². The molecule has 0 spiro atoms. The van der Waals surface area contributed by atoms with Gasteiger partial charge in [0.05, 0.1) is 7.11 Å². The molecule has 0 bridgehead atoms. The smallest absolute Gasteiger partial charge is 0.172 e. The topological polar surface area (TPSA) is 35.2 Å². The van der Waals surface area contributed by atoms with Crippen molar-refractivity contribution in [2.45, 2.75) is 32.7 Å². The van der Waals surface area contributed by atoms with Crippen molar-refractivity contribution >= 4 is 12.4 Å². The summed E-state index contributed by atoms with van der Waals surface area (Å²) in [6, 6.07) is 1.82. The van der Waals surface area contributed by atoms with Crippen LogP contribution in [0, 0.1) is 17.6 Å². The summed E-state index contributed by atoms with van der Waals surface area (Å²) in [5, 5.41) is 0. The molecule has 2 N–H and O–H groups in total. The Balaban J connectivity index is 0.00000289. The Morgan fingerprint density at radius 2 is 1.83 bits per heavy atom. The number of nitrogens with two attached hydrogens (primary N) is 1. The zero-order valence-electron chi connectivity index (χ0n) is 10.9. The summed E-state index contributed by atoms with van der Waals surface area (Å²) in [5.74, 6) is -0.817. The predicted molar refractivity (Wildman–Crippen MR) is 71.2 cm³/mol. The monoisotopic (exact) mass is 279 g/mol.